The van der Waals surface area contributed by atoms with Crippen molar-refractivity contribution in [2.75, 3.05) is 0 Å². The zero-order valence-corrected chi connectivity index (χ0v) is 7.47. The summed E-state index contributed by atoms with van der Waals surface area (Å²) in [5.41, 5.74) is 0.447. The number of hydrogen-bond donors (Lipinski definition) is 1. The van der Waals surface area contributed by atoms with Crippen LogP contribution in [0.3, 0.4) is 0 Å². The third-order valence-corrected chi connectivity index (χ3v) is 1.58. The van der Waals surface area contributed by atoms with Crippen LogP contribution in [0.4, 0.5) is 0 Å². The van der Waals surface area contributed by atoms with E-state index in [0.717, 1.165) is 0 Å². The van der Waals surface area contributed by atoms with Crippen molar-refractivity contribution in [2.24, 2.45) is 0 Å². The van der Waals surface area contributed by atoms with E-state index in [2.05, 4.69) is 11.8 Å². The van der Waals surface area contributed by atoms with E-state index < -0.39 is 0 Å². The molecular formula is C10H6ClNO. The zero-order valence-electron chi connectivity index (χ0n) is 6.71. The fourth-order valence-electron chi connectivity index (χ4n) is 0.787. The molecule has 3 heteroatoms. The molecule has 0 aromatic heterocycles. The summed E-state index contributed by atoms with van der Waals surface area (Å²) in [7, 11) is 0. The van der Waals surface area contributed by atoms with E-state index in [-0.39, 0.29) is 12.2 Å². The lowest BCUT2D eigenvalue weighted by Gasteiger charge is -1.95. The molecule has 64 valence electrons. The molecule has 1 N–H and O–H groups in total. The summed E-state index contributed by atoms with van der Waals surface area (Å²) in [5, 5.41) is 18.0. The monoisotopic (exact) mass is 191 g/mol. The van der Waals surface area contributed by atoms with Crippen LogP contribution in [0.15, 0.2) is 18.2 Å². The Labute approximate surface area is 81.4 Å². The van der Waals surface area contributed by atoms with Gasteiger partial charge in [-0.1, -0.05) is 23.4 Å². The number of aromatic hydroxyl groups is 1. The van der Waals surface area contributed by atoms with Crippen molar-refractivity contribution in [3.05, 3.63) is 28.8 Å². The van der Waals surface area contributed by atoms with Gasteiger partial charge in [-0.25, -0.2) is 0 Å². The molecule has 1 aromatic rings. The molecule has 0 aliphatic heterocycles. The molecule has 2 nitrogen and oxygen atoms in total. The molecule has 0 atom stereocenters. The smallest absolute Gasteiger partial charge is 0.131 e. The number of benzene rings is 1. The quantitative estimate of drug-likeness (QED) is 0.640. The lowest BCUT2D eigenvalue weighted by molar-refractivity contribution is 0.473. The normalized spacial score (nSPS) is 8.31. The van der Waals surface area contributed by atoms with Gasteiger partial charge in [-0.3, -0.25) is 0 Å². The van der Waals surface area contributed by atoms with Crippen LogP contribution in [-0.2, 0) is 0 Å². The second kappa shape index (κ2) is 4.40. The van der Waals surface area contributed by atoms with Gasteiger partial charge < -0.3 is 5.11 Å². The Hall–Kier alpha value is -1.64. The maximum atomic E-state index is 9.29. The molecule has 0 spiro atoms. The highest BCUT2D eigenvalue weighted by molar-refractivity contribution is 6.30. The Morgan fingerprint density at radius 1 is 1.46 bits per heavy atom. The van der Waals surface area contributed by atoms with Crippen molar-refractivity contribution in [3.63, 3.8) is 0 Å². The number of nitrogens with zero attached hydrogens (tertiary/aromatic N) is 1. The van der Waals surface area contributed by atoms with Gasteiger partial charge in [0.15, 0.2) is 0 Å². The topological polar surface area (TPSA) is 44.0 Å². The predicted molar refractivity (Wildman–Crippen MR) is 50.2 cm³/mol. The predicted octanol–water partition coefficient (Wildman–Crippen LogP) is 2.31. The molecule has 1 aromatic carbocycles. The second-order valence-corrected chi connectivity index (χ2v) is 2.73. The van der Waals surface area contributed by atoms with Gasteiger partial charge in [-0.05, 0) is 18.2 Å². The third-order valence-electron chi connectivity index (χ3n) is 1.35. The minimum Gasteiger partial charge on any atom is -0.507 e. The van der Waals surface area contributed by atoms with Gasteiger partial charge in [0.25, 0.3) is 0 Å². The molecule has 0 aliphatic rings. The van der Waals surface area contributed by atoms with Gasteiger partial charge in [0.1, 0.15) is 5.75 Å². The molecule has 0 amide bonds. The molecule has 0 aliphatic carbocycles. The first-order valence-corrected chi connectivity index (χ1v) is 3.96. The molecule has 0 bridgehead atoms. The Bertz CT molecular complexity index is 409. The fraction of sp³-hybridized carbons (Fsp3) is 0.100. The Balaban J connectivity index is 2.97. The van der Waals surface area contributed by atoms with Crippen molar-refractivity contribution in [1.29, 1.82) is 5.26 Å². The van der Waals surface area contributed by atoms with E-state index in [1.54, 1.807) is 12.1 Å². The average molecular weight is 192 g/mol. The van der Waals surface area contributed by atoms with Crippen molar-refractivity contribution in [1.82, 2.24) is 0 Å². The summed E-state index contributed by atoms with van der Waals surface area (Å²) < 4.78 is 0. The van der Waals surface area contributed by atoms with Gasteiger partial charge in [0, 0.05) is 5.02 Å². The SMILES string of the molecule is N#CCC#Cc1cc(Cl)ccc1O. The minimum atomic E-state index is 0.0786. The Morgan fingerprint density at radius 3 is 2.92 bits per heavy atom. The minimum absolute atomic E-state index is 0.0786. The Morgan fingerprint density at radius 2 is 2.23 bits per heavy atom. The fourth-order valence-corrected chi connectivity index (χ4v) is 0.959. The second-order valence-electron chi connectivity index (χ2n) is 2.30. The summed E-state index contributed by atoms with van der Waals surface area (Å²) in [4.78, 5) is 0. The van der Waals surface area contributed by atoms with Gasteiger partial charge in [0.2, 0.25) is 0 Å². The van der Waals surface area contributed by atoms with Gasteiger partial charge in [-0.2, -0.15) is 5.26 Å². The highest BCUT2D eigenvalue weighted by atomic mass is 35.5. The van der Waals surface area contributed by atoms with Crippen LogP contribution < -0.4 is 0 Å². The van der Waals surface area contributed by atoms with E-state index in [1.165, 1.54) is 6.07 Å². The summed E-state index contributed by atoms with van der Waals surface area (Å²) in [6.45, 7) is 0. The van der Waals surface area contributed by atoms with Gasteiger partial charge >= 0.3 is 0 Å². The van der Waals surface area contributed by atoms with Crippen LogP contribution in [0.2, 0.25) is 5.02 Å². The molecule has 0 heterocycles. The number of halogens is 1. The van der Waals surface area contributed by atoms with E-state index in [4.69, 9.17) is 16.9 Å². The van der Waals surface area contributed by atoms with Crippen molar-refractivity contribution < 1.29 is 5.11 Å². The molecular weight excluding hydrogens is 186 g/mol. The maximum absolute atomic E-state index is 9.29. The summed E-state index contributed by atoms with van der Waals surface area (Å²) in [6, 6.07) is 6.49. The number of rotatable bonds is 0. The molecule has 0 fully saturated rings. The lowest BCUT2D eigenvalue weighted by Crippen LogP contribution is -1.76. The standard InChI is InChI=1S/C10H6ClNO/c11-9-4-5-10(13)8(7-9)3-1-2-6-12/h4-5,7,13H,2H2. The first-order valence-electron chi connectivity index (χ1n) is 3.58. The highest BCUT2D eigenvalue weighted by Crippen LogP contribution is 2.20. The molecule has 0 radical (unpaired) electrons. The van der Waals surface area contributed by atoms with Crippen LogP contribution in [0.1, 0.15) is 12.0 Å². The first kappa shape index (κ1) is 9.45. The summed E-state index contributed by atoms with van der Waals surface area (Å²) >= 11 is 5.69. The van der Waals surface area contributed by atoms with Crippen molar-refractivity contribution in [3.8, 4) is 23.7 Å². The molecule has 0 saturated heterocycles. The van der Waals surface area contributed by atoms with Crippen LogP contribution in [0, 0.1) is 23.2 Å². The average Bonchev–Trinajstić information content (AvgIpc) is 2.11. The number of phenols is 1. The van der Waals surface area contributed by atoms with Gasteiger partial charge in [0.05, 0.1) is 18.1 Å². The molecule has 0 saturated carbocycles. The third kappa shape index (κ3) is 2.71. The maximum Gasteiger partial charge on any atom is 0.131 e. The first-order chi connectivity index (χ1) is 6.24. The van der Waals surface area contributed by atoms with Gasteiger partial charge in [-0.15, -0.1) is 0 Å². The number of phenolic OH excluding ortho intramolecular Hbond substituents is 1. The molecule has 13 heavy (non-hydrogen) atoms. The van der Waals surface area contributed by atoms with Crippen LogP contribution in [0.25, 0.3) is 0 Å². The Kier molecular flexibility index (Phi) is 3.20. The van der Waals surface area contributed by atoms with Crippen molar-refractivity contribution in [2.45, 2.75) is 6.42 Å². The van der Waals surface area contributed by atoms with E-state index in [0.29, 0.717) is 10.6 Å². The zero-order chi connectivity index (χ0) is 9.68. The number of hydrogen-bond acceptors (Lipinski definition) is 2. The van der Waals surface area contributed by atoms with E-state index in [9.17, 15) is 5.11 Å². The van der Waals surface area contributed by atoms with Crippen LogP contribution >= 0.6 is 11.6 Å². The number of nitriles is 1. The van der Waals surface area contributed by atoms with E-state index >= 15 is 0 Å². The highest BCUT2D eigenvalue weighted by Gasteiger charge is 1.97. The summed E-state index contributed by atoms with van der Waals surface area (Å²) in [5.74, 6) is 5.32. The van der Waals surface area contributed by atoms with E-state index in [1.807, 2.05) is 6.07 Å². The largest absolute Gasteiger partial charge is 0.507 e. The molecule has 1 rings (SSSR count). The van der Waals surface area contributed by atoms with Crippen LogP contribution in [-0.4, -0.2) is 5.11 Å². The summed E-state index contributed by atoms with van der Waals surface area (Å²) in [6.07, 6.45) is 0.145. The molecule has 0 unspecified atom stereocenters. The van der Waals surface area contributed by atoms with Crippen LogP contribution in [0.5, 0.6) is 5.75 Å². The lowest BCUT2D eigenvalue weighted by atomic mass is 10.2. The van der Waals surface area contributed by atoms with Crippen molar-refractivity contribution >= 4 is 11.6 Å².